The minimum atomic E-state index is -0.207. The van der Waals surface area contributed by atoms with Gasteiger partial charge in [-0.3, -0.25) is 5.43 Å². The molecule has 2 saturated heterocycles. The summed E-state index contributed by atoms with van der Waals surface area (Å²) in [5.74, 6) is 0.855. The van der Waals surface area contributed by atoms with Crippen LogP contribution in [0, 0.1) is 11.8 Å². The second-order valence-corrected chi connectivity index (χ2v) is 8.07. The third kappa shape index (κ3) is 2.46. The molecule has 134 valence electrons. The van der Waals surface area contributed by atoms with E-state index in [1.54, 1.807) is 0 Å². The van der Waals surface area contributed by atoms with Crippen molar-refractivity contribution in [3.8, 4) is 0 Å². The van der Waals surface area contributed by atoms with Crippen LogP contribution in [0.5, 0.6) is 0 Å². The lowest BCUT2D eigenvalue weighted by molar-refractivity contribution is -0.0261. The molecule has 2 bridgehead atoms. The first-order valence-electron chi connectivity index (χ1n) is 9.49. The summed E-state index contributed by atoms with van der Waals surface area (Å²) in [5, 5.41) is 8.35. The molecular formula is C21H24N4S. The monoisotopic (exact) mass is 364 g/mol. The van der Waals surface area contributed by atoms with Crippen molar-refractivity contribution >= 4 is 17.3 Å². The Morgan fingerprint density at radius 1 is 0.808 bits per heavy atom. The van der Waals surface area contributed by atoms with E-state index in [0.29, 0.717) is 16.9 Å². The largest absolute Gasteiger partial charge is 0.342 e. The predicted octanol–water partition coefficient (Wildman–Crippen LogP) is 3.17. The molecule has 2 aromatic carbocycles. The minimum absolute atomic E-state index is 0.207. The molecule has 3 fully saturated rings. The Morgan fingerprint density at radius 3 is 1.81 bits per heavy atom. The van der Waals surface area contributed by atoms with Crippen molar-refractivity contribution in [2.75, 3.05) is 0 Å². The highest BCUT2D eigenvalue weighted by Crippen LogP contribution is 2.53. The van der Waals surface area contributed by atoms with Crippen molar-refractivity contribution in [3.63, 3.8) is 0 Å². The molecule has 26 heavy (non-hydrogen) atoms. The Labute approximate surface area is 159 Å². The molecule has 2 aliphatic heterocycles. The quantitative estimate of drug-likeness (QED) is 0.617. The van der Waals surface area contributed by atoms with Crippen LogP contribution in [-0.4, -0.2) is 10.8 Å². The van der Waals surface area contributed by atoms with E-state index in [1.807, 2.05) is 0 Å². The Morgan fingerprint density at radius 2 is 1.35 bits per heavy atom. The van der Waals surface area contributed by atoms with Crippen LogP contribution in [-0.2, 0) is 0 Å². The van der Waals surface area contributed by atoms with E-state index in [9.17, 15) is 0 Å². The SMILES string of the molecule is S=C1NNC2(N1)C1CCCC2C(c2ccccc2)NC1c1ccccc1. The van der Waals surface area contributed by atoms with Crippen LogP contribution >= 0.6 is 12.2 Å². The van der Waals surface area contributed by atoms with Gasteiger partial charge in [0.1, 0.15) is 5.66 Å². The number of thiocarbonyl (C=S) groups is 1. The molecule has 1 aliphatic carbocycles. The first-order chi connectivity index (χ1) is 12.8. The molecule has 0 radical (unpaired) electrons. The fraction of sp³-hybridized carbons (Fsp3) is 0.381. The van der Waals surface area contributed by atoms with E-state index in [0.717, 1.165) is 0 Å². The van der Waals surface area contributed by atoms with E-state index in [-0.39, 0.29) is 17.7 Å². The topological polar surface area (TPSA) is 48.1 Å². The molecule has 3 aliphatic rings. The molecular weight excluding hydrogens is 340 g/mol. The number of hydrogen-bond donors (Lipinski definition) is 4. The number of rotatable bonds is 2. The minimum Gasteiger partial charge on any atom is -0.342 e. The Bertz CT molecular complexity index is 741. The highest BCUT2D eigenvalue weighted by Gasteiger charge is 2.59. The third-order valence-electron chi connectivity index (χ3n) is 6.38. The van der Waals surface area contributed by atoms with Crippen LogP contribution in [0.25, 0.3) is 0 Å². The van der Waals surface area contributed by atoms with Gasteiger partial charge in [-0.1, -0.05) is 67.1 Å². The number of hydrogen-bond acceptors (Lipinski definition) is 3. The van der Waals surface area contributed by atoms with Crippen molar-refractivity contribution in [2.45, 2.75) is 37.0 Å². The summed E-state index contributed by atoms with van der Waals surface area (Å²) < 4.78 is 0. The lowest BCUT2D eigenvalue weighted by Crippen LogP contribution is -2.71. The van der Waals surface area contributed by atoms with E-state index in [4.69, 9.17) is 12.2 Å². The molecule has 0 amide bonds. The first kappa shape index (κ1) is 16.2. The molecule has 2 aromatic rings. The molecule has 2 heterocycles. The lowest BCUT2D eigenvalue weighted by Gasteiger charge is -2.57. The van der Waals surface area contributed by atoms with Gasteiger partial charge in [0.05, 0.1) is 0 Å². The van der Waals surface area contributed by atoms with Gasteiger partial charge < -0.3 is 10.6 Å². The molecule has 4 atom stereocenters. The van der Waals surface area contributed by atoms with Gasteiger partial charge in [-0.2, -0.15) is 0 Å². The summed E-state index contributed by atoms with van der Waals surface area (Å²) in [4.78, 5) is 0. The maximum absolute atomic E-state index is 5.46. The van der Waals surface area contributed by atoms with Crippen LogP contribution in [0.4, 0.5) is 0 Å². The predicted molar refractivity (Wildman–Crippen MR) is 107 cm³/mol. The smallest absolute Gasteiger partial charge is 0.182 e. The Balaban J connectivity index is 1.62. The van der Waals surface area contributed by atoms with Gasteiger partial charge in [0.15, 0.2) is 5.11 Å². The van der Waals surface area contributed by atoms with E-state index in [1.165, 1.54) is 30.4 Å². The standard InChI is InChI=1S/C21H24N4S/c26-20-23-21(25-24-20)16-12-7-13-17(21)19(15-10-5-2-6-11-15)22-18(16)14-8-3-1-4-9-14/h1-6,8-11,16-19,22,25H,7,12-13H2,(H2,23,24,26). The van der Waals surface area contributed by atoms with Crippen molar-refractivity contribution in [1.82, 2.24) is 21.5 Å². The number of benzene rings is 2. The zero-order valence-electron chi connectivity index (χ0n) is 14.6. The van der Waals surface area contributed by atoms with Gasteiger partial charge in [-0.15, -0.1) is 0 Å². The van der Waals surface area contributed by atoms with Crippen LogP contribution < -0.4 is 21.5 Å². The summed E-state index contributed by atoms with van der Waals surface area (Å²) in [7, 11) is 0. The fourth-order valence-electron chi connectivity index (χ4n) is 5.33. The van der Waals surface area contributed by atoms with Gasteiger partial charge in [-0.25, -0.2) is 5.43 Å². The average molecular weight is 365 g/mol. The first-order valence-corrected chi connectivity index (χ1v) is 9.90. The van der Waals surface area contributed by atoms with Crippen molar-refractivity contribution in [2.24, 2.45) is 11.8 Å². The number of piperidine rings is 1. The summed E-state index contributed by atoms with van der Waals surface area (Å²) >= 11 is 5.46. The molecule has 0 aromatic heterocycles. The highest BCUT2D eigenvalue weighted by molar-refractivity contribution is 7.80. The second-order valence-electron chi connectivity index (χ2n) is 7.66. The molecule has 5 rings (SSSR count). The van der Waals surface area contributed by atoms with E-state index in [2.05, 4.69) is 82.1 Å². The summed E-state index contributed by atoms with van der Waals surface area (Å²) in [5.41, 5.74) is 9.26. The number of hydrazine groups is 1. The van der Waals surface area contributed by atoms with Gasteiger partial charge in [0.25, 0.3) is 0 Å². The van der Waals surface area contributed by atoms with Gasteiger partial charge in [0, 0.05) is 23.9 Å². The Hall–Kier alpha value is -1.95. The molecule has 1 spiro atoms. The maximum Gasteiger partial charge on any atom is 0.182 e. The molecule has 4 nitrogen and oxygen atoms in total. The summed E-state index contributed by atoms with van der Waals surface area (Å²) in [6.45, 7) is 0. The molecule has 1 saturated carbocycles. The average Bonchev–Trinajstić information content (AvgIpc) is 3.04. The zero-order chi connectivity index (χ0) is 17.6. The summed E-state index contributed by atoms with van der Waals surface area (Å²) in [6.07, 6.45) is 3.60. The van der Waals surface area contributed by atoms with Gasteiger partial charge >= 0.3 is 0 Å². The van der Waals surface area contributed by atoms with Crippen molar-refractivity contribution in [1.29, 1.82) is 0 Å². The highest BCUT2D eigenvalue weighted by atomic mass is 32.1. The molecule has 5 heteroatoms. The van der Waals surface area contributed by atoms with E-state index >= 15 is 0 Å². The van der Waals surface area contributed by atoms with Crippen LogP contribution in [0.15, 0.2) is 60.7 Å². The second kappa shape index (κ2) is 6.34. The maximum atomic E-state index is 5.46. The van der Waals surface area contributed by atoms with E-state index < -0.39 is 0 Å². The third-order valence-corrected chi connectivity index (χ3v) is 6.59. The molecule has 4 N–H and O–H groups in total. The Kier molecular flexibility index (Phi) is 3.96. The van der Waals surface area contributed by atoms with Gasteiger partial charge in [0.2, 0.25) is 0 Å². The van der Waals surface area contributed by atoms with Crippen LogP contribution in [0.1, 0.15) is 42.5 Å². The van der Waals surface area contributed by atoms with Crippen LogP contribution in [0.3, 0.4) is 0 Å². The fourth-order valence-corrected chi connectivity index (χ4v) is 5.55. The molecule has 4 unspecified atom stereocenters. The van der Waals surface area contributed by atoms with Crippen molar-refractivity contribution < 1.29 is 0 Å². The summed E-state index contributed by atoms with van der Waals surface area (Å²) in [6, 6.07) is 22.2. The normalized spacial score (nSPS) is 35.8. The van der Waals surface area contributed by atoms with Gasteiger partial charge in [-0.05, 0) is 36.2 Å². The lowest BCUT2D eigenvalue weighted by atomic mass is 9.61. The van der Waals surface area contributed by atoms with Crippen LogP contribution in [0.2, 0.25) is 0 Å². The number of nitrogens with one attached hydrogen (secondary N) is 4. The zero-order valence-corrected chi connectivity index (χ0v) is 15.4. The van der Waals surface area contributed by atoms with Crippen molar-refractivity contribution in [3.05, 3.63) is 71.8 Å².